The summed E-state index contributed by atoms with van der Waals surface area (Å²) in [5.41, 5.74) is -0.439. The Kier molecular flexibility index (Phi) is 4.09. The van der Waals surface area contributed by atoms with Crippen LogP contribution in [0.2, 0.25) is 0 Å². The lowest BCUT2D eigenvalue weighted by Gasteiger charge is -2.32. The fourth-order valence-electron chi connectivity index (χ4n) is 1.93. The van der Waals surface area contributed by atoms with Crippen LogP contribution in [0.25, 0.3) is 0 Å². The minimum absolute atomic E-state index is 0.0815. The Morgan fingerprint density at radius 3 is 2.30 bits per heavy atom. The Bertz CT molecular complexity index is 474. The molecule has 0 saturated carbocycles. The molecule has 0 atom stereocenters. The van der Waals surface area contributed by atoms with Gasteiger partial charge in [0.15, 0.2) is 6.79 Å². The van der Waals surface area contributed by atoms with E-state index in [4.69, 9.17) is 18.8 Å². The minimum atomic E-state index is -0.664. The van der Waals surface area contributed by atoms with Crippen LogP contribution in [-0.4, -0.2) is 32.2 Å². The van der Waals surface area contributed by atoms with Gasteiger partial charge in [0.2, 0.25) is 0 Å². The molecule has 1 aromatic rings. The molecular weight excluding hydrogens is 262 g/mol. The summed E-state index contributed by atoms with van der Waals surface area (Å²) in [5.74, 6) is 0.131. The molecule has 1 heterocycles. The first-order valence-corrected chi connectivity index (χ1v) is 6.54. The van der Waals surface area contributed by atoms with Crippen molar-refractivity contribution in [1.82, 2.24) is 0 Å². The molecule has 0 spiro atoms. The van der Waals surface area contributed by atoms with E-state index in [1.165, 1.54) is 19.2 Å². The molecule has 4 nitrogen and oxygen atoms in total. The third-order valence-corrected chi connectivity index (χ3v) is 3.81. The average molecular weight is 282 g/mol. The van der Waals surface area contributed by atoms with Gasteiger partial charge in [0.25, 0.3) is 0 Å². The van der Waals surface area contributed by atoms with Gasteiger partial charge in [-0.15, -0.1) is 0 Å². The number of hydrogen-bond acceptors (Lipinski definition) is 4. The molecule has 1 fully saturated rings. The summed E-state index contributed by atoms with van der Waals surface area (Å²) in [5, 5.41) is 0. The van der Waals surface area contributed by atoms with Crippen molar-refractivity contribution in [2.75, 3.05) is 13.9 Å². The lowest BCUT2D eigenvalue weighted by molar-refractivity contribution is 0.00578. The zero-order valence-electron chi connectivity index (χ0n) is 12.5. The standard InChI is InChI=1S/C14H20BFO4/c1-13(2)14(3,4)20-15(19-13)11-8-10(16)6-7-12(11)18-9-17-5/h6-8H,9H2,1-5H3. The highest BCUT2D eigenvalue weighted by Crippen LogP contribution is 2.37. The first kappa shape index (κ1) is 15.3. The van der Waals surface area contributed by atoms with Crippen molar-refractivity contribution >= 4 is 12.6 Å². The van der Waals surface area contributed by atoms with Gasteiger partial charge in [0, 0.05) is 12.6 Å². The van der Waals surface area contributed by atoms with Crippen LogP contribution in [0.1, 0.15) is 27.7 Å². The van der Waals surface area contributed by atoms with E-state index in [0.717, 1.165) is 0 Å². The van der Waals surface area contributed by atoms with E-state index in [9.17, 15) is 4.39 Å². The molecule has 0 bridgehead atoms. The van der Waals surface area contributed by atoms with Gasteiger partial charge in [-0.05, 0) is 45.9 Å². The summed E-state index contributed by atoms with van der Waals surface area (Å²) in [6.07, 6.45) is 0. The predicted octanol–water partition coefficient (Wildman–Crippen LogP) is 2.11. The number of hydrogen-bond donors (Lipinski definition) is 0. The van der Waals surface area contributed by atoms with Gasteiger partial charge in [-0.2, -0.15) is 0 Å². The van der Waals surface area contributed by atoms with Crippen molar-refractivity contribution in [3.05, 3.63) is 24.0 Å². The average Bonchev–Trinajstić information content (AvgIpc) is 2.57. The summed E-state index contributed by atoms with van der Waals surface area (Å²) in [7, 11) is 0.861. The summed E-state index contributed by atoms with van der Waals surface area (Å²) in [6.45, 7) is 7.87. The maximum Gasteiger partial charge on any atom is 0.498 e. The van der Waals surface area contributed by atoms with Gasteiger partial charge in [-0.25, -0.2) is 4.39 Å². The number of ether oxygens (including phenoxy) is 2. The molecule has 1 aliphatic heterocycles. The van der Waals surface area contributed by atoms with E-state index in [0.29, 0.717) is 11.2 Å². The largest absolute Gasteiger partial charge is 0.498 e. The van der Waals surface area contributed by atoms with Crippen molar-refractivity contribution in [3.8, 4) is 5.75 Å². The number of benzene rings is 1. The second kappa shape index (κ2) is 5.35. The third kappa shape index (κ3) is 2.82. The molecule has 1 saturated heterocycles. The maximum atomic E-state index is 13.5. The quantitative estimate of drug-likeness (QED) is 0.626. The van der Waals surface area contributed by atoms with E-state index in [2.05, 4.69) is 0 Å². The fourth-order valence-corrected chi connectivity index (χ4v) is 1.93. The Morgan fingerprint density at radius 1 is 1.15 bits per heavy atom. The minimum Gasteiger partial charge on any atom is -0.468 e. The Balaban J connectivity index is 2.31. The number of methoxy groups -OCH3 is 1. The molecule has 110 valence electrons. The van der Waals surface area contributed by atoms with Crippen LogP contribution in [-0.2, 0) is 14.0 Å². The van der Waals surface area contributed by atoms with Crippen LogP contribution >= 0.6 is 0 Å². The van der Waals surface area contributed by atoms with Crippen molar-refractivity contribution in [2.24, 2.45) is 0 Å². The fraction of sp³-hybridized carbons (Fsp3) is 0.571. The van der Waals surface area contributed by atoms with E-state index in [1.54, 1.807) is 6.07 Å². The van der Waals surface area contributed by atoms with E-state index in [-0.39, 0.29) is 12.6 Å². The topological polar surface area (TPSA) is 36.9 Å². The zero-order chi connectivity index (χ0) is 15.0. The monoisotopic (exact) mass is 282 g/mol. The van der Waals surface area contributed by atoms with Gasteiger partial charge in [0.1, 0.15) is 11.6 Å². The summed E-state index contributed by atoms with van der Waals surface area (Å²) in [4.78, 5) is 0. The molecule has 1 aliphatic rings. The highest BCUT2D eigenvalue weighted by atomic mass is 19.1. The van der Waals surface area contributed by atoms with Gasteiger partial charge in [0.05, 0.1) is 11.2 Å². The normalized spacial score (nSPS) is 20.2. The number of rotatable bonds is 4. The van der Waals surface area contributed by atoms with Gasteiger partial charge in [-0.3, -0.25) is 0 Å². The predicted molar refractivity (Wildman–Crippen MR) is 74.6 cm³/mol. The second-order valence-corrected chi connectivity index (χ2v) is 5.82. The first-order valence-electron chi connectivity index (χ1n) is 6.54. The Hall–Kier alpha value is -1.11. The molecule has 0 N–H and O–H groups in total. The molecule has 0 unspecified atom stereocenters. The highest BCUT2D eigenvalue weighted by Gasteiger charge is 2.52. The van der Waals surface area contributed by atoms with Gasteiger partial charge < -0.3 is 18.8 Å². The van der Waals surface area contributed by atoms with E-state index < -0.39 is 18.3 Å². The molecule has 20 heavy (non-hydrogen) atoms. The van der Waals surface area contributed by atoms with Crippen molar-refractivity contribution < 1.29 is 23.2 Å². The Morgan fingerprint density at radius 2 is 1.75 bits per heavy atom. The maximum absolute atomic E-state index is 13.5. The molecule has 2 rings (SSSR count). The molecule has 0 aromatic heterocycles. The molecule has 1 aromatic carbocycles. The summed E-state index contributed by atoms with van der Waals surface area (Å²) < 4.78 is 35.7. The molecular formula is C14H20BFO4. The highest BCUT2D eigenvalue weighted by molar-refractivity contribution is 6.63. The number of halogens is 1. The van der Waals surface area contributed by atoms with Crippen LogP contribution < -0.4 is 10.2 Å². The first-order chi connectivity index (χ1) is 9.27. The van der Waals surface area contributed by atoms with Gasteiger partial charge in [-0.1, -0.05) is 0 Å². The smallest absolute Gasteiger partial charge is 0.468 e. The van der Waals surface area contributed by atoms with Crippen LogP contribution in [0.3, 0.4) is 0 Å². The second-order valence-electron chi connectivity index (χ2n) is 5.82. The van der Waals surface area contributed by atoms with Crippen molar-refractivity contribution in [2.45, 2.75) is 38.9 Å². The van der Waals surface area contributed by atoms with Crippen molar-refractivity contribution in [1.29, 1.82) is 0 Å². The summed E-state index contributed by atoms with van der Waals surface area (Å²) in [6, 6.07) is 4.25. The lowest BCUT2D eigenvalue weighted by Crippen LogP contribution is -2.41. The molecule has 0 aliphatic carbocycles. The summed E-state index contributed by atoms with van der Waals surface area (Å²) >= 11 is 0. The third-order valence-electron chi connectivity index (χ3n) is 3.81. The van der Waals surface area contributed by atoms with Crippen molar-refractivity contribution in [3.63, 3.8) is 0 Å². The zero-order valence-corrected chi connectivity index (χ0v) is 12.5. The van der Waals surface area contributed by atoms with Crippen LogP contribution in [0.15, 0.2) is 18.2 Å². The molecule has 6 heteroatoms. The Labute approximate surface area is 119 Å². The SMILES string of the molecule is COCOc1ccc(F)cc1B1OC(C)(C)C(C)(C)O1. The van der Waals surface area contributed by atoms with E-state index >= 15 is 0 Å². The van der Waals surface area contributed by atoms with Gasteiger partial charge >= 0.3 is 7.12 Å². The van der Waals surface area contributed by atoms with Crippen LogP contribution in [0.4, 0.5) is 4.39 Å². The lowest BCUT2D eigenvalue weighted by atomic mass is 9.78. The van der Waals surface area contributed by atoms with Crippen LogP contribution in [0, 0.1) is 5.82 Å². The van der Waals surface area contributed by atoms with Crippen LogP contribution in [0.5, 0.6) is 5.75 Å². The molecule has 0 radical (unpaired) electrons. The van der Waals surface area contributed by atoms with E-state index in [1.807, 2.05) is 27.7 Å². The molecule has 0 amide bonds.